The standard InChI is InChI=1S/C16H24N2O/c1-11-3-5-13(6-4-11)12(2)18-16(19)14-7-9-15(17)10-8-14/h3-6,12,14-15H,7-10,17H2,1-2H3,(H,18,19)/t12-,14?,15?/m1/s1. The van der Waals surface area contributed by atoms with Gasteiger partial charge in [-0.05, 0) is 45.1 Å². The van der Waals surface area contributed by atoms with Crippen LogP contribution in [-0.4, -0.2) is 11.9 Å². The van der Waals surface area contributed by atoms with Crippen molar-refractivity contribution in [3.05, 3.63) is 35.4 Å². The quantitative estimate of drug-likeness (QED) is 0.878. The summed E-state index contributed by atoms with van der Waals surface area (Å²) in [5, 5.41) is 3.12. The van der Waals surface area contributed by atoms with Gasteiger partial charge in [0.05, 0.1) is 6.04 Å². The van der Waals surface area contributed by atoms with Crippen LogP contribution in [-0.2, 0) is 4.79 Å². The highest BCUT2D eigenvalue weighted by Gasteiger charge is 2.25. The normalized spacial score (nSPS) is 24.8. The van der Waals surface area contributed by atoms with Gasteiger partial charge in [0.2, 0.25) is 5.91 Å². The molecule has 1 aliphatic carbocycles. The molecule has 0 radical (unpaired) electrons. The van der Waals surface area contributed by atoms with Gasteiger partial charge >= 0.3 is 0 Å². The molecule has 0 aromatic heterocycles. The topological polar surface area (TPSA) is 55.1 Å². The molecule has 1 aromatic rings. The highest BCUT2D eigenvalue weighted by molar-refractivity contribution is 5.79. The molecule has 1 amide bonds. The summed E-state index contributed by atoms with van der Waals surface area (Å²) in [7, 11) is 0. The van der Waals surface area contributed by atoms with Crippen LogP contribution in [0.3, 0.4) is 0 Å². The third-order valence-corrected chi connectivity index (χ3v) is 4.08. The summed E-state index contributed by atoms with van der Waals surface area (Å²) in [6.07, 6.45) is 3.79. The van der Waals surface area contributed by atoms with Crippen molar-refractivity contribution < 1.29 is 4.79 Å². The highest BCUT2D eigenvalue weighted by atomic mass is 16.1. The first-order valence-corrected chi connectivity index (χ1v) is 7.19. The largest absolute Gasteiger partial charge is 0.349 e. The number of amides is 1. The van der Waals surface area contributed by atoms with Crippen molar-refractivity contribution in [3.8, 4) is 0 Å². The SMILES string of the molecule is Cc1ccc([C@@H](C)NC(=O)C2CCC(N)CC2)cc1. The Morgan fingerprint density at radius 3 is 2.37 bits per heavy atom. The molecular formula is C16H24N2O. The lowest BCUT2D eigenvalue weighted by Gasteiger charge is -2.26. The van der Waals surface area contributed by atoms with Crippen LogP contribution in [0.25, 0.3) is 0 Å². The number of nitrogens with one attached hydrogen (secondary N) is 1. The molecule has 104 valence electrons. The molecule has 1 fully saturated rings. The maximum absolute atomic E-state index is 12.2. The summed E-state index contributed by atoms with van der Waals surface area (Å²) >= 11 is 0. The van der Waals surface area contributed by atoms with Gasteiger partial charge in [-0.15, -0.1) is 0 Å². The van der Waals surface area contributed by atoms with Gasteiger partial charge < -0.3 is 11.1 Å². The van der Waals surface area contributed by atoms with Gasteiger partial charge in [-0.3, -0.25) is 4.79 Å². The first-order valence-electron chi connectivity index (χ1n) is 7.19. The van der Waals surface area contributed by atoms with Crippen LogP contribution in [0.4, 0.5) is 0 Å². The van der Waals surface area contributed by atoms with Crippen molar-refractivity contribution in [1.82, 2.24) is 5.32 Å². The van der Waals surface area contributed by atoms with Gasteiger partial charge in [0, 0.05) is 12.0 Å². The van der Waals surface area contributed by atoms with Crippen molar-refractivity contribution >= 4 is 5.91 Å². The van der Waals surface area contributed by atoms with Gasteiger partial charge in [0.15, 0.2) is 0 Å². The maximum Gasteiger partial charge on any atom is 0.223 e. The fraction of sp³-hybridized carbons (Fsp3) is 0.562. The number of rotatable bonds is 3. The molecule has 3 N–H and O–H groups in total. The van der Waals surface area contributed by atoms with E-state index in [2.05, 4.69) is 36.5 Å². The molecule has 1 atom stereocenters. The Kier molecular flexibility index (Phi) is 4.59. The summed E-state index contributed by atoms with van der Waals surface area (Å²) in [5.74, 6) is 0.327. The van der Waals surface area contributed by atoms with Gasteiger partial charge in [-0.2, -0.15) is 0 Å². The van der Waals surface area contributed by atoms with Gasteiger partial charge in [-0.1, -0.05) is 29.8 Å². The third-order valence-electron chi connectivity index (χ3n) is 4.08. The molecular weight excluding hydrogens is 236 g/mol. The Hall–Kier alpha value is -1.35. The highest BCUT2D eigenvalue weighted by Crippen LogP contribution is 2.24. The van der Waals surface area contributed by atoms with E-state index in [4.69, 9.17) is 5.73 Å². The molecule has 1 aliphatic rings. The van der Waals surface area contributed by atoms with E-state index in [1.54, 1.807) is 0 Å². The van der Waals surface area contributed by atoms with E-state index in [-0.39, 0.29) is 17.9 Å². The van der Waals surface area contributed by atoms with Crippen molar-refractivity contribution in [2.75, 3.05) is 0 Å². The number of hydrogen-bond acceptors (Lipinski definition) is 2. The van der Waals surface area contributed by atoms with E-state index in [1.165, 1.54) is 5.56 Å². The molecule has 0 aliphatic heterocycles. The second-order valence-electron chi connectivity index (χ2n) is 5.75. The Balaban J connectivity index is 1.89. The molecule has 2 rings (SSSR count). The van der Waals surface area contributed by atoms with Crippen LogP contribution in [0.1, 0.15) is 49.8 Å². The fourth-order valence-electron chi connectivity index (χ4n) is 2.65. The second kappa shape index (κ2) is 6.20. The zero-order valence-corrected chi connectivity index (χ0v) is 11.9. The molecule has 0 spiro atoms. The molecule has 3 nitrogen and oxygen atoms in total. The van der Waals surface area contributed by atoms with E-state index in [0.29, 0.717) is 6.04 Å². The first-order chi connectivity index (χ1) is 9.06. The second-order valence-corrected chi connectivity index (χ2v) is 5.75. The molecule has 1 aromatic carbocycles. The number of benzene rings is 1. The summed E-state index contributed by atoms with van der Waals surface area (Å²) in [6, 6.07) is 8.69. The lowest BCUT2D eigenvalue weighted by Crippen LogP contribution is -2.37. The Bertz CT molecular complexity index is 419. The van der Waals surface area contributed by atoms with Gasteiger partial charge in [0.1, 0.15) is 0 Å². The van der Waals surface area contributed by atoms with Crippen LogP contribution in [0.2, 0.25) is 0 Å². The third kappa shape index (κ3) is 3.80. The Labute approximate surface area is 115 Å². The van der Waals surface area contributed by atoms with Crippen LogP contribution >= 0.6 is 0 Å². The van der Waals surface area contributed by atoms with Crippen molar-refractivity contribution in [2.24, 2.45) is 11.7 Å². The minimum absolute atomic E-state index is 0.0729. The van der Waals surface area contributed by atoms with Crippen molar-refractivity contribution in [1.29, 1.82) is 0 Å². The molecule has 0 unspecified atom stereocenters. The van der Waals surface area contributed by atoms with Crippen molar-refractivity contribution in [2.45, 2.75) is 51.6 Å². The lowest BCUT2D eigenvalue weighted by atomic mass is 9.85. The number of hydrogen-bond donors (Lipinski definition) is 2. The number of carbonyl (C=O) groups is 1. The molecule has 0 saturated heterocycles. The monoisotopic (exact) mass is 260 g/mol. The average molecular weight is 260 g/mol. The lowest BCUT2D eigenvalue weighted by molar-refractivity contribution is -0.126. The van der Waals surface area contributed by atoms with E-state index >= 15 is 0 Å². The van der Waals surface area contributed by atoms with Gasteiger partial charge in [-0.25, -0.2) is 0 Å². The summed E-state index contributed by atoms with van der Waals surface area (Å²) in [5.41, 5.74) is 8.27. The molecule has 0 bridgehead atoms. The predicted octanol–water partition coefficient (Wildman–Crippen LogP) is 2.69. The minimum Gasteiger partial charge on any atom is -0.349 e. The van der Waals surface area contributed by atoms with Crippen LogP contribution in [0.15, 0.2) is 24.3 Å². The van der Waals surface area contributed by atoms with Crippen LogP contribution in [0.5, 0.6) is 0 Å². The van der Waals surface area contributed by atoms with E-state index in [0.717, 1.165) is 31.2 Å². The molecule has 1 saturated carbocycles. The Morgan fingerprint density at radius 1 is 1.21 bits per heavy atom. The van der Waals surface area contributed by atoms with E-state index in [9.17, 15) is 4.79 Å². The van der Waals surface area contributed by atoms with Crippen molar-refractivity contribution in [3.63, 3.8) is 0 Å². The van der Waals surface area contributed by atoms with Gasteiger partial charge in [0.25, 0.3) is 0 Å². The maximum atomic E-state index is 12.2. The van der Waals surface area contributed by atoms with Crippen LogP contribution < -0.4 is 11.1 Å². The zero-order valence-electron chi connectivity index (χ0n) is 11.9. The predicted molar refractivity (Wildman–Crippen MR) is 77.7 cm³/mol. The number of carbonyl (C=O) groups excluding carboxylic acids is 1. The zero-order chi connectivity index (χ0) is 13.8. The molecule has 3 heteroatoms. The smallest absolute Gasteiger partial charge is 0.223 e. The Morgan fingerprint density at radius 2 is 1.79 bits per heavy atom. The summed E-state index contributed by atoms with van der Waals surface area (Å²) < 4.78 is 0. The van der Waals surface area contributed by atoms with E-state index in [1.807, 2.05) is 6.92 Å². The first kappa shape index (κ1) is 14.1. The number of aryl methyl sites for hydroxylation is 1. The molecule has 0 heterocycles. The fourth-order valence-corrected chi connectivity index (χ4v) is 2.65. The summed E-state index contributed by atoms with van der Waals surface area (Å²) in [4.78, 5) is 12.2. The van der Waals surface area contributed by atoms with Crippen LogP contribution in [0, 0.1) is 12.8 Å². The van der Waals surface area contributed by atoms with E-state index < -0.39 is 0 Å². The minimum atomic E-state index is 0.0729. The number of nitrogens with two attached hydrogens (primary N) is 1. The summed E-state index contributed by atoms with van der Waals surface area (Å²) in [6.45, 7) is 4.11. The average Bonchev–Trinajstić information content (AvgIpc) is 2.40. The molecule has 19 heavy (non-hydrogen) atoms.